The first kappa shape index (κ1) is 11.9. The predicted octanol–water partition coefficient (Wildman–Crippen LogP) is 3.12. The van der Waals surface area contributed by atoms with E-state index in [1.165, 1.54) is 19.3 Å². The molecule has 0 aromatic carbocycles. The van der Waals surface area contributed by atoms with Crippen molar-refractivity contribution in [3.8, 4) is 0 Å². The zero-order valence-electron chi connectivity index (χ0n) is 11.3. The second-order valence-corrected chi connectivity index (χ2v) is 7.61. The van der Waals surface area contributed by atoms with Crippen molar-refractivity contribution in [1.82, 2.24) is 5.32 Å². The van der Waals surface area contributed by atoms with Gasteiger partial charge in [-0.25, -0.2) is 0 Å². The first-order valence-corrected chi connectivity index (χ1v) is 6.48. The van der Waals surface area contributed by atoms with Gasteiger partial charge in [-0.15, -0.1) is 0 Å². The van der Waals surface area contributed by atoms with Crippen LogP contribution in [0.3, 0.4) is 0 Å². The molecule has 0 aromatic rings. The van der Waals surface area contributed by atoms with Crippen molar-refractivity contribution in [3.05, 3.63) is 0 Å². The Balaban J connectivity index is 1.81. The fourth-order valence-corrected chi connectivity index (χ4v) is 3.43. The van der Waals surface area contributed by atoms with Gasteiger partial charge in [0.15, 0.2) is 0 Å². The van der Waals surface area contributed by atoms with Crippen LogP contribution < -0.4 is 5.32 Å². The van der Waals surface area contributed by atoms with Gasteiger partial charge in [0.05, 0.1) is 0 Å². The molecule has 0 radical (unpaired) electrons. The molecule has 16 heavy (non-hydrogen) atoms. The van der Waals surface area contributed by atoms with Gasteiger partial charge in [-0.05, 0) is 36.0 Å². The molecule has 2 nitrogen and oxygen atoms in total. The van der Waals surface area contributed by atoms with Gasteiger partial charge in [0, 0.05) is 12.0 Å². The number of nitrogens with one attached hydrogen (secondary N) is 1. The summed E-state index contributed by atoms with van der Waals surface area (Å²) >= 11 is 0. The number of carbonyl (C=O) groups excluding carboxylic acids is 1. The summed E-state index contributed by atoms with van der Waals surface area (Å²) in [5, 5.41) is 3.26. The van der Waals surface area contributed by atoms with Crippen LogP contribution in [0.5, 0.6) is 0 Å². The lowest BCUT2D eigenvalue weighted by molar-refractivity contribution is -0.187. The smallest absolute Gasteiger partial charge is 0.220 e. The topological polar surface area (TPSA) is 29.1 Å². The van der Waals surface area contributed by atoms with Crippen molar-refractivity contribution in [2.24, 2.45) is 16.7 Å². The van der Waals surface area contributed by atoms with E-state index >= 15 is 0 Å². The second kappa shape index (κ2) is 3.24. The van der Waals surface area contributed by atoms with E-state index in [0.717, 1.165) is 5.92 Å². The molecule has 0 atom stereocenters. The molecule has 0 unspecified atom stereocenters. The number of amides is 1. The molecule has 3 fully saturated rings. The van der Waals surface area contributed by atoms with Crippen LogP contribution in [-0.4, -0.2) is 11.4 Å². The molecule has 1 N–H and O–H groups in total. The molecule has 0 heterocycles. The standard InChI is InChI=1S/C14H25NO/c1-10(2)13-7-14(8-13,9-13)15-11(16)6-12(3,4)5/h10H,6-9H2,1-5H3,(H,15,16). The second-order valence-electron chi connectivity index (χ2n) is 7.61. The van der Waals surface area contributed by atoms with Crippen LogP contribution in [0.2, 0.25) is 0 Å². The predicted molar refractivity (Wildman–Crippen MR) is 66.1 cm³/mol. The van der Waals surface area contributed by atoms with Gasteiger partial charge in [-0.1, -0.05) is 34.6 Å². The van der Waals surface area contributed by atoms with Crippen LogP contribution in [0.25, 0.3) is 0 Å². The van der Waals surface area contributed by atoms with Crippen LogP contribution in [-0.2, 0) is 4.79 Å². The minimum atomic E-state index is 0.101. The molecular weight excluding hydrogens is 198 g/mol. The zero-order chi connectivity index (χ0) is 12.2. The van der Waals surface area contributed by atoms with Crippen molar-refractivity contribution in [2.75, 3.05) is 0 Å². The molecule has 3 saturated carbocycles. The number of rotatable bonds is 3. The molecule has 92 valence electrons. The summed E-state index contributed by atoms with van der Waals surface area (Å²) in [7, 11) is 0. The lowest BCUT2D eigenvalue weighted by Gasteiger charge is -2.72. The highest BCUT2D eigenvalue weighted by atomic mass is 16.1. The molecule has 2 bridgehead atoms. The highest BCUT2D eigenvalue weighted by Gasteiger charge is 2.69. The van der Waals surface area contributed by atoms with Crippen LogP contribution in [0.1, 0.15) is 60.3 Å². The summed E-state index contributed by atoms with van der Waals surface area (Å²) in [6.45, 7) is 11.0. The quantitative estimate of drug-likeness (QED) is 0.782. The molecular formula is C14H25NO. The average molecular weight is 223 g/mol. The lowest BCUT2D eigenvalue weighted by atomic mass is 9.36. The third-order valence-corrected chi connectivity index (χ3v) is 4.39. The molecule has 0 aromatic heterocycles. The van der Waals surface area contributed by atoms with Crippen molar-refractivity contribution >= 4 is 5.91 Å². The molecule has 2 heteroatoms. The summed E-state index contributed by atoms with van der Waals surface area (Å²) in [4.78, 5) is 11.9. The summed E-state index contributed by atoms with van der Waals surface area (Å²) < 4.78 is 0. The lowest BCUT2D eigenvalue weighted by Crippen LogP contribution is -2.76. The molecule has 3 aliphatic rings. The zero-order valence-corrected chi connectivity index (χ0v) is 11.3. The number of hydrogen-bond acceptors (Lipinski definition) is 1. The van der Waals surface area contributed by atoms with E-state index in [0.29, 0.717) is 11.8 Å². The van der Waals surface area contributed by atoms with E-state index in [1.54, 1.807) is 0 Å². The fraction of sp³-hybridized carbons (Fsp3) is 0.929. The maximum absolute atomic E-state index is 11.9. The Hall–Kier alpha value is -0.530. The minimum absolute atomic E-state index is 0.101. The van der Waals surface area contributed by atoms with E-state index in [2.05, 4.69) is 39.9 Å². The Labute approximate surface area is 99.2 Å². The third kappa shape index (κ3) is 1.87. The summed E-state index contributed by atoms with van der Waals surface area (Å²) in [5.41, 5.74) is 0.880. The Morgan fingerprint density at radius 3 is 2.12 bits per heavy atom. The van der Waals surface area contributed by atoms with Gasteiger partial charge in [-0.3, -0.25) is 4.79 Å². The Morgan fingerprint density at radius 2 is 1.75 bits per heavy atom. The largest absolute Gasteiger partial charge is 0.351 e. The molecule has 1 amide bonds. The fourth-order valence-electron chi connectivity index (χ4n) is 3.43. The van der Waals surface area contributed by atoms with E-state index in [1.807, 2.05) is 0 Å². The van der Waals surface area contributed by atoms with E-state index in [-0.39, 0.29) is 16.9 Å². The SMILES string of the molecule is CC(C)C12CC(NC(=O)CC(C)(C)C)(C1)C2. The molecule has 0 aliphatic heterocycles. The number of hydrogen-bond donors (Lipinski definition) is 1. The third-order valence-electron chi connectivity index (χ3n) is 4.39. The highest BCUT2D eigenvalue weighted by Crippen LogP contribution is 2.70. The maximum Gasteiger partial charge on any atom is 0.220 e. The maximum atomic E-state index is 11.9. The van der Waals surface area contributed by atoms with Crippen LogP contribution >= 0.6 is 0 Å². The van der Waals surface area contributed by atoms with Crippen LogP contribution in [0.4, 0.5) is 0 Å². The molecule has 3 rings (SSSR count). The van der Waals surface area contributed by atoms with Crippen LogP contribution in [0, 0.1) is 16.7 Å². The molecule has 3 aliphatic carbocycles. The monoisotopic (exact) mass is 223 g/mol. The Kier molecular flexibility index (Phi) is 2.42. The molecule has 0 spiro atoms. The summed E-state index contributed by atoms with van der Waals surface area (Å²) in [5.74, 6) is 1.01. The van der Waals surface area contributed by atoms with Gasteiger partial charge in [0.25, 0.3) is 0 Å². The minimum Gasteiger partial charge on any atom is -0.351 e. The van der Waals surface area contributed by atoms with Crippen molar-refractivity contribution in [3.63, 3.8) is 0 Å². The first-order chi connectivity index (χ1) is 7.17. The van der Waals surface area contributed by atoms with Crippen molar-refractivity contribution in [2.45, 2.75) is 65.8 Å². The van der Waals surface area contributed by atoms with Crippen molar-refractivity contribution < 1.29 is 4.79 Å². The summed E-state index contributed by atoms with van der Waals surface area (Å²) in [6.07, 6.45) is 4.29. The average Bonchev–Trinajstić information content (AvgIpc) is 1.88. The highest BCUT2D eigenvalue weighted by molar-refractivity contribution is 5.78. The van der Waals surface area contributed by atoms with Gasteiger partial charge in [-0.2, -0.15) is 0 Å². The Morgan fingerprint density at radius 1 is 1.25 bits per heavy atom. The normalized spacial score (nSPS) is 36.6. The van der Waals surface area contributed by atoms with Crippen LogP contribution in [0.15, 0.2) is 0 Å². The Bertz CT molecular complexity index is 291. The first-order valence-electron chi connectivity index (χ1n) is 6.48. The van der Waals surface area contributed by atoms with E-state index in [4.69, 9.17) is 0 Å². The van der Waals surface area contributed by atoms with Crippen molar-refractivity contribution in [1.29, 1.82) is 0 Å². The van der Waals surface area contributed by atoms with Gasteiger partial charge < -0.3 is 5.32 Å². The van der Waals surface area contributed by atoms with E-state index in [9.17, 15) is 4.79 Å². The number of carbonyl (C=O) groups is 1. The van der Waals surface area contributed by atoms with Gasteiger partial charge in [0.1, 0.15) is 0 Å². The van der Waals surface area contributed by atoms with Gasteiger partial charge >= 0.3 is 0 Å². The van der Waals surface area contributed by atoms with E-state index < -0.39 is 0 Å². The summed E-state index contributed by atoms with van der Waals surface area (Å²) in [6, 6.07) is 0. The van der Waals surface area contributed by atoms with Gasteiger partial charge in [0.2, 0.25) is 5.91 Å². The molecule has 0 saturated heterocycles.